The highest BCUT2D eigenvalue weighted by atomic mass is 16.6. The highest BCUT2D eigenvalue weighted by Crippen LogP contribution is 2.12. The Morgan fingerprint density at radius 3 is 2.72 bits per heavy atom. The Bertz CT molecular complexity index is 466. The summed E-state index contributed by atoms with van der Waals surface area (Å²) >= 11 is 0. The van der Waals surface area contributed by atoms with Crippen molar-refractivity contribution in [3.63, 3.8) is 0 Å². The molecule has 0 saturated carbocycles. The van der Waals surface area contributed by atoms with Crippen molar-refractivity contribution in [2.24, 2.45) is 5.16 Å². The first-order valence-electron chi connectivity index (χ1n) is 5.80. The molecule has 0 amide bonds. The van der Waals surface area contributed by atoms with Gasteiger partial charge < -0.3 is 14.6 Å². The molecule has 5 nitrogen and oxygen atoms in total. The second-order valence-corrected chi connectivity index (χ2v) is 4.29. The van der Waals surface area contributed by atoms with Crippen molar-refractivity contribution in [1.29, 1.82) is 5.26 Å². The Hall–Kier alpha value is -2.22. The van der Waals surface area contributed by atoms with E-state index in [1.807, 2.05) is 54.2 Å². The number of hydrogen-bond donors (Lipinski definition) is 0. The van der Waals surface area contributed by atoms with Crippen LogP contribution in [0.5, 0.6) is 0 Å². The van der Waals surface area contributed by atoms with Gasteiger partial charge in [-0.1, -0.05) is 30.3 Å². The zero-order chi connectivity index (χ0) is 13.0. The third kappa shape index (κ3) is 2.54. The number of hydrogen-bond acceptors (Lipinski definition) is 3. The summed E-state index contributed by atoms with van der Waals surface area (Å²) in [6.45, 7) is 1.09. The van der Waals surface area contributed by atoms with Gasteiger partial charge in [-0.3, -0.25) is 0 Å². The smallest absolute Gasteiger partial charge is 0.239 e. The lowest BCUT2D eigenvalue weighted by molar-refractivity contribution is 0.124. The lowest BCUT2D eigenvalue weighted by atomic mass is 10.2. The minimum atomic E-state index is -0.158. The van der Waals surface area contributed by atoms with Gasteiger partial charge in [0.25, 0.3) is 0 Å². The Morgan fingerprint density at radius 1 is 1.39 bits per heavy atom. The summed E-state index contributed by atoms with van der Waals surface area (Å²) in [6, 6.07) is 11.9. The summed E-state index contributed by atoms with van der Waals surface area (Å²) in [5.41, 5.74) is 1.07. The van der Waals surface area contributed by atoms with Crippen LogP contribution in [0, 0.1) is 11.3 Å². The van der Waals surface area contributed by atoms with Crippen molar-refractivity contribution < 1.29 is 4.84 Å². The van der Waals surface area contributed by atoms with Crippen LogP contribution < -0.4 is 0 Å². The number of likely N-dealkylation sites (N-methyl/N-ethyl adjacent to an activating group) is 2. The van der Waals surface area contributed by atoms with Crippen LogP contribution in [0.2, 0.25) is 0 Å². The van der Waals surface area contributed by atoms with Crippen molar-refractivity contribution >= 4 is 5.96 Å². The van der Waals surface area contributed by atoms with Gasteiger partial charge in [0.1, 0.15) is 12.6 Å². The number of guanidine groups is 1. The average Bonchev–Trinajstić information content (AvgIpc) is 2.67. The summed E-state index contributed by atoms with van der Waals surface area (Å²) in [6.07, 6.45) is 0. The fourth-order valence-electron chi connectivity index (χ4n) is 1.87. The van der Waals surface area contributed by atoms with Crippen molar-refractivity contribution in [2.75, 3.05) is 20.6 Å². The fraction of sp³-hybridized carbons (Fsp3) is 0.385. The number of nitrogens with zero attached hydrogens (tertiary/aromatic N) is 4. The van der Waals surface area contributed by atoms with E-state index in [9.17, 15) is 0 Å². The predicted molar refractivity (Wildman–Crippen MR) is 68.5 cm³/mol. The number of rotatable bonds is 3. The SMILES string of the molecule is CN1CC(C#N)N(C)C1=NOCc1ccccc1. The van der Waals surface area contributed by atoms with E-state index in [0.717, 1.165) is 5.56 Å². The highest BCUT2D eigenvalue weighted by Gasteiger charge is 2.30. The molecule has 0 aliphatic carbocycles. The molecule has 0 N–H and O–H groups in total. The molecular weight excluding hydrogens is 228 g/mol. The molecule has 1 unspecified atom stereocenters. The number of benzene rings is 1. The Balaban J connectivity index is 1.96. The van der Waals surface area contributed by atoms with Crippen LogP contribution in [0.4, 0.5) is 0 Å². The van der Waals surface area contributed by atoms with Crippen LogP contribution in [-0.2, 0) is 11.4 Å². The zero-order valence-corrected chi connectivity index (χ0v) is 10.6. The van der Waals surface area contributed by atoms with Crippen molar-refractivity contribution in [3.05, 3.63) is 35.9 Å². The van der Waals surface area contributed by atoms with Gasteiger partial charge in [0, 0.05) is 14.1 Å². The highest BCUT2D eigenvalue weighted by molar-refractivity contribution is 5.82. The molecular formula is C13H16N4O. The van der Waals surface area contributed by atoms with E-state index in [-0.39, 0.29) is 6.04 Å². The molecule has 94 valence electrons. The summed E-state index contributed by atoms with van der Waals surface area (Å²) in [5, 5.41) is 13.1. The third-order valence-corrected chi connectivity index (χ3v) is 2.94. The number of oxime groups is 1. The van der Waals surface area contributed by atoms with Crippen LogP contribution in [0.15, 0.2) is 35.5 Å². The molecule has 0 aromatic heterocycles. The number of nitriles is 1. The summed E-state index contributed by atoms with van der Waals surface area (Å²) < 4.78 is 0. The van der Waals surface area contributed by atoms with Crippen molar-refractivity contribution in [2.45, 2.75) is 12.6 Å². The maximum Gasteiger partial charge on any atom is 0.239 e. The Kier molecular flexibility index (Phi) is 3.68. The van der Waals surface area contributed by atoms with E-state index >= 15 is 0 Å². The van der Waals surface area contributed by atoms with Gasteiger partial charge in [0.15, 0.2) is 0 Å². The second kappa shape index (κ2) is 5.41. The largest absolute Gasteiger partial charge is 0.388 e. The van der Waals surface area contributed by atoms with Crippen LogP contribution >= 0.6 is 0 Å². The normalized spacial score (nSPS) is 21.2. The van der Waals surface area contributed by atoms with E-state index in [1.54, 1.807) is 0 Å². The van der Waals surface area contributed by atoms with E-state index < -0.39 is 0 Å². The minimum absolute atomic E-state index is 0.158. The van der Waals surface area contributed by atoms with Gasteiger partial charge in [0.05, 0.1) is 12.6 Å². The van der Waals surface area contributed by atoms with Gasteiger partial charge in [0.2, 0.25) is 5.96 Å². The summed E-state index contributed by atoms with van der Waals surface area (Å²) in [5.74, 6) is 0.692. The molecule has 0 radical (unpaired) electrons. The van der Waals surface area contributed by atoms with Crippen LogP contribution in [0.1, 0.15) is 5.56 Å². The van der Waals surface area contributed by atoms with Crippen LogP contribution in [0.3, 0.4) is 0 Å². The fourth-order valence-corrected chi connectivity index (χ4v) is 1.87. The Labute approximate surface area is 107 Å². The molecule has 1 fully saturated rings. The average molecular weight is 244 g/mol. The maximum absolute atomic E-state index is 8.96. The molecule has 1 saturated heterocycles. The van der Waals surface area contributed by atoms with Gasteiger partial charge in [-0.25, -0.2) is 0 Å². The molecule has 18 heavy (non-hydrogen) atoms. The van der Waals surface area contributed by atoms with Crippen molar-refractivity contribution in [3.8, 4) is 6.07 Å². The molecule has 0 bridgehead atoms. The van der Waals surface area contributed by atoms with E-state index in [1.165, 1.54) is 0 Å². The molecule has 1 aromatic carbocycles. The van der Waals surface area contributed by atoms with Gasteiger partial charge in [-0.05, 0) is 10.7 Å². The molecule has 1 heterocycles. The van der Waals surface area contributed by atoms with E-state index in [0.29, 0.717) is 19.1 Å². The Morgan fingerprint density at radius 2 is 2.11 bits per heavy atom. The molecule has 1 aliphatic rings. The van der Waals surface area contributed by atoms with Gasteiger partial charge in [-0.15, -0.1) is 0 Å². The maximum atomic E-state index is 8.96. The van der Waals surface area contributed by atoms with Crippen LogP contribution in [-0.4, -0.2) is 42.4 Å². The first-order chi connectivity index (χ1) is 8.72. The predicted octanol–water partition coefficient (Wildman–Crippen LogP) is 1.24. The standard InChI is InChI=1S/C13H16N4O/c1-16-9-12(8-14)17(2)13(16)15-18-10-11-6-4-3-5-7-11/h3-7,12H,9-10H2,1-2H3. The molecule has 1 aliphatic heterocycles. The van der Waals surface area contributed by atoms with Gasteiger partial charge >= 0.3 is 0 Å². The first kappa shape index (κ1) is 12.2. The monoisotopic (exact) mass is 244 g/mol. The molecule has 1 atom stereocenters. The molecule has 0 spiro atoms. The lowest BCUT2D eigenvalue weighted by Gasteiger charge is -2.15. The topological polar surface area (TPSA) is 51.9 Å². The van der Waals surface area contributed by atoms with E-state index in [2.05, 4.69) is 11.2 Å². The minimum Gasteiger partial charge on any atom is -0.388 e. The van der Waals surface area contributed by atoms with Crippen LogP contribution in [0.25, 0.3) is 0 Å². The molecule has 1 aromatic rings. The zero-order valence-electron chi connectivity index (χ0n) is 10.6. The van der Waals surface area contributed by atoms with E-state index in [4.69, 9.17) is 10.1 Å². The first-order valence-corrected chi connectivity index (χ1v) is 5.80. The lowest BCUT2D eigenvalue weighted by Crippen LogP contribution is -2.31. The quantitative estimate of drug-likeness (QED) is 0.751. The summed E-state index contributed by atoms with van der Waals surface area (Å²) in [4.78, 5) is 9.07. The third-order valence-electron chi connectivity index (χ3n) is 2.94. The molecule has 2 rings (SSSR count). The second-order valence-electron chi connectivity index (χ2n) is 4.29. The molecule has 5 heteroatoms. The summed E-state index contributed by atoms with van der Waals surface area (Å²) in [7, 11) is 3.75. The van der Waals surface area contributed by atoms with Crippen molar-refractivity contribution in [1.82, 2.24) is 9.80 Å². The van der Waals surface area contributed by atoms with Gasteiger partial charge in [-0.2, -0.15) is 5.26 Å².